The molecule has 0 saturated carbocycles. The van der Waals surface area contributed by atoms with Crippen LogP contribution < -0.4 is 4.74 Å². The van der Waals surface area contributed by atoms with Crippen LogP contribution in [0.3, 0.4) is 0 Å². The lowest BCUT2D eigenvalue weighted by Gasteiger charge is -2.30. The Morgan fingerprint density at radius 3 is 2.64 bits per heavy atom. The summed E-state index contributed by atoms with van der Waals surface area (Å²) in [6, 6.07) is 7.47. The number of aromatic nitrogens is 6. The third kappa shape index (κ3) is 5.07. The SMILES string of the molecule is CCOc1cc(CN2CCc3c(cc(Cn4ccnc4C)cc3-c3nc(C(F)F)nn3C)C2=O)ncc1C#N. The smallest absolute Gasteiger partial charge is 0.299 e. The number of alkyl halides is 2. The van der Waals surface area contributed by atoms with E-state index in [9.17, 15) is 18.8 Å². The Bertz CT molecular complexity index is 1590. The lowest BCUT2D eigenvalue weighted by molar-refractivity contribution is 0.0724. The molecule has 3 aromatic heterocycles. The quantitative estimate of drug-likeness (QED) is 0.339. The number of nitrogens with zero attached hydrogens (tertiary/aromatic N) is 8. The van der Waals surface area contributed by atoms with Gasteiger partial charge in [-0.1, -0.05) is 0 Å². The molecule has 1 aliphatic rings. The van der Waals surface area contributed by atoms with E-state index < -0.39 is 12.2 Å². The average Bonchev–Trinajstić information content (AvgIpc) is 3.51. The monoisotopic (exact) mass is 532 g/mol. The first-order valence-electron chi connectivity index (χ1n) is 12.4. The fourth-order valence-electron chi connectivity index (χ4n) is 4.77. The maximum absolute atomic E-state index is 13.8. The van der Waals surface area contributed by atoms with Gasteiger partial charge in [0, 0.05) is 55.9 Å². The van der Waals surface area contributed by atoms with Gasteiger partial charge >= 0.3 is 0 Å². The molecule has 0 fully saturated rings. The van der Waals surface area contributed by atoms with E-state index >= 15 is 0 Å². The van der Waals surface area contributed by atoms with Gasteiger partial charge < -0.3 is 14.2 Å². The summed E-state index contributed by atoms with van der Waals surface area (Å²) >= 11 is 0. The third-order valence-corrected chi connectivity index (χ3v) is 6.65. The largest absolute Gasteiger partial charge is 0.492 e. The number of hydrogen-bond acceptors (Lipinski definition) is 7. The molecule has 1 aliphatic heterocycles. The van der Waals surface area contributed by atoms with Gasteiger partial charge in [-0.3, -0.25) is 9.78 Å². The van der Waals surface area contributed by atoms with Crippen molar-refractivity contribution < 1.29 is 18.3 Å². The second-order valence-electron chi connectivity index (χ2n) is 9.18. The standard InChI is InChI=1S/C27H26F2N8O2/c1-4-39-23-11-19(32-13-18(23)12-30)15-37-7-5-20-21(26-33-25(24(28)29)34-35(26)3)9-17(10-22(20)27(37)38)14-36-8-6-31-16(36)2/h6,8-11,13,24H,4-5,7,14-15H2,1-3H3. The molecule has 200 valence electrons. The van der Waals surface area contributed by atoms with Gasteiger partial charge in [-0.2, -0.15) is 5.26 Å². The summed E-state index contributed by atoms with van der Waals surface area (Å²) in [4.78, 5) is 28.2. The zero-order chi connectivity index (χ0) is 27.7. The Kier molecular flexibility index (Phi) is 7.06. The molecule has 0 unspecified atom stereocenters. The van der Waals surface area contributed by atoms with Crippen LogP contribution in [-0.4, -0.2) is 53.3 Å². The fourth-order valence-corrected chi connectivity index (χ4v) is 4.77. The lowest BCUT2D eigenvalue weighted by atomic mass is 9.90. The van der Waals surface area contributed by atoms with Gasteiger partial charge in [0.25, 0.3) is 12.3 Å². The number of carbonyl (C=O) groups excluding carboxylic acids is 1. The number of rotatable bonds is 8. The van der Waals surface area contributed by atoms with Gasteiger partial charge in [-0.25, -0.2) is 23.4 Å². The van der Waals surface area contributed by atoms with Crippen LogP contribution in [0.4, 0.5) is 8.78 Å². The molecule has 1 amide bonds. The van der Waals surface area contributed by atoms with Gasteiger partial charge in [0.1, 0.15) is 23.2 Å². The molecule has 0 aliphatic carbocycles. The summed E-state index contributed by atoms with van der Waals surface area (Å²) in [7, 11) is 1.57. The van der Waals surface area contributed by atoms with Crippen molar-refractivity contribution in [1.29, 1.82) is 5.26 Å². The minimum atomic E-state index is -2.81. The highest BCUT2D eigenvalue weighted by molar-refractivity contribution is 5.98. The number of nitriles is 1. The normalized spacial score (nSPS) is 13.1. The van der Waals surface area contributed by atoms with E-state index in [0.29, 0.717) is 54.3 Å². The molecular weight excluding hydrogens is 506 g/mol. The van der Waals surface area contributed by atoms with Gasteiger partial charge in [-0.15, -0.1) is 5.10 Å². The number of amides is 1. The molecule has 0 radical (unpaired) electrons. The summed E-state index contributed by atoms with van der Waals surface area (Å²) in [5.74, 6) is 0.743. The molecule has 5 rings (SSSR count). The van der Waals surface area contributed by atoms with Crippen LogP contribution in [0.5, 0.6) is 5.75 Å². The first-order valence-corrected chi connectivity index (χ1v) is 12.4. The number of fused-ring (bicyclic) bond motifs is 1. The van der Waals surface area contributed by atoms with E-state index in [1.807, 2.05) is 36.7 Å². The number of pyridine rings is 1. The van der Waals surface area contributed by atoms with Gasteiger partial charge in [0.2, 0.25) is 5.82 Å². The highest BCUT2D eigenvalue weighted by atomic mass is 19.3. The number of benzene rings is 1. The molecule has 4 aromatic rings. The van der Waals surface area contributed by atoms with Crippen molar-refractivity contribution in [2.75, 3.05) is 13.2 Å². The number of carbonyl (C=O) groups is 1. The third-order valence-electron chi connectivity index (χ3n) is 6.65. The fraction of sp³-hybridized carbons (Fsp3) is 0.333. The van der Waals surface area contributed by atoms with E-state index in [1.165, 1.54) is 10.9 Å². The van der Waals surface area contributed by atoms with Crippen molar-refractivity contribution in [1.82, 2.24) is 34.2 Å². The molecule has 10 nitrogen and oxygen atoms in total. The summed E-state index contributed by atoms with van der Waals surface area (Å²) in [6.45, 7) is 5.16. The van der Waals surface area contributed by atoms with Crippen LogP contribution in [0.25, 0.3) is 11.4 Å². The van der Waals surface area contributed by atoms with E-state index in [-0.39, 0.29) is 18.3 Å². The molecule has 0 bridgehead atoms. The van der Waals surface area contributed by atoms with Crippen molar-refractivity contribution in [3.63, 3.8) is 0 Å². The predicted octanol–water partition coefficient (Wildman–Crippen LogP) is 3.84. The van der Waals surface area contributed by atoms with Crippen LogP contribution in [0.1, 0.15) is 57.7 Å². The highest BCUT2D eigenvalue weighted by Gasteiger charge is 2.30. The van der Waals surface area contributed by atoms with Gasteiger partial charge in [-0.05, 0) is 43.5 Å². The number of imidazole rings is 1. The van der Waals surface area contributed by atoms with Crippen molar-refractivity contribution in [2.24, 2.45) is 7.05 Å². The number of aryl methyl sites for hydroxylation is 2. The minimum absolute atomic E-state index is 0.206. The first-order chi connectivity index (χ1) is 18.8. The second kappa shape index (κ2) is 10.6. The molecule has 0 saturated heterocycles. The van der Waals surface area contributed by atoms with Crippen molar-refractivity contribution in [3.8, 4) is 23.2 Å². The number of halogens is 2. The van der Waals surface area contributed by atoms with Crippen molar-refractivity contribution in [2.45, 2.75) is 39.8 Å². The molecule has 12 heteroatoms. The Morgan fingerprint density at radius 1 is 1.18 bits per heavy atom. The molecule has 1 aromatic carbocycles. The van der Waals surface area contributed by atoms with Crippen LogP contribution in [0.2, 0.25) is 0 Å². The molecule has 39 heavy (non-hydrogen) atoms. The molecule has 4 heterocycles. The zero-order valence-corrected chi connectivity index (χ0v) is 21.7. The maximum Gasteiger partial charge on any atom is 0.299 e. The molecule has 0 spiro atoms. The Balaban J connectivity index is 1.54. The van der Waals surface area contributed by atoms with Crippen molar-refractivity contribution >= 4 is 5.91 Å². The lowest BCUT2D eigenvalue weighted by Crippen LogP contribution is -2.37. The topological polar surface area (TPSA) is 115 Å². The first kappa shape index (κ1) is 26.0. The molecule has 0 N–H and O–H groups in total. The number of hydrogen-bond donors (Lipinski definition) is 0. The summed E-state index contributed by atoms with van der Waals surface area (Å²) < 4.78 is 35.6. The van der Waals surface area contributed by atoms with Crippen LogP contribution in [0.15, 0.2) is 36.8 Å². The molecular formula is C27H26F2N8O2. The van der Waals surface area contributed by atoms with E-state index in [4.69, 9.17) is 4.74 Å². The molecule has 0 atom stereocenters. The summed E-state index contributed by atoms with van der Waals surface area (Å²) in [5.41, 5.74) is 3.54. The minimum Gasteiger partial charge on any atom is -0.492 e. The average molecular weight is 533 g/mol. The van der Waals surface area contributed by atoms with Crippen molar-refractivity contribution in [3.05, 3.63) is 76.4 Å². The summed E-state index contributed by atoms with van der Waals surface area (Å²) in [6.07, 6.45) is 2.66. The second-order valence-corrected chi connectivity index (χ2v) is 9.18. The Hall–Kier alpha value is -4.66. The van der Waals surface area contributed by atoms with Gasteiger partial charge in [0.05, 0.1) is 18.8 Å². The van der Waals surface area contributed by atoms with E-state index in [1.54, 1.807) is 24.2 Å². The summed E-state index contributed by atoms with van der Waals surface area (Å²) in [5, 5.41) is 13.2. The highest BCUT2D eigenvalue weighted by Crippen LogP contribution is 2.33. The Morgan fingerprint density at radius 2 is 1.97 bits per heavy atom. The predicted molar refractivity (Wildman–Crippen MR) is 136 cm³/mol. The van der Waals surface area contributed by atoms with E-state index in [0.717, 1.165) is 17.0 Å². The van der Waals surface area contributed by atoms with Crippen LogP contribution in [0, 0.1) is 18.3 Å². The van der Waals surface area contributed by atoms with Crippen LogP contribution >= 0.6 is 0 Å². The van der Waals surface area contributed by atoms with Crippen LogP contribution in [-0.2, 0) is 26.6 Å². The Labute approximate surface area is 223 Å². The number of ether oxygens (including phenoxy) is 1. The van der Waals surface area contributed by atoms with Gasteiger partial charge in [0.15, 0.2) is 5.82 Å². The zero-order valence-electron chi connectivity index (χ0n) is 21.7. The maximum atomic E-state index is 13.8. The van der Waals surface area contributed by atoms with E-state index in [2.05, 4.69) is 26.1 Å².